The summed E-state index contributed by atoms with van der Waals surface area (Å²) in [5.74, 6) is -0.253. The molecule has 0 aromatic carbocycles. The summed E-state index contributed by atoms with van der Waals surface area (Å²) in [4.78, 5) is 10.4. The summed E-state index contributed by atoms with van der Waals surface area (Å²) in [6, 6.07) is 0. The Morgan fingerprint density at radius 2 is 2.56 bits per heavy atom. The number of carbonyl (C=O) groups is 1. The molecule has 0 saturated heterocycles. The van der Waals surface area contributed by atoms with Gasteiger partial charge in [0.25, 0.3) is 0 Å². The molecule has 0 aromatic rings. The van der Waals surface area contributed by atoms with E-state index in [1.54, 1.807) is 6.08 Å². The average molecular weight is 129 g/mol. The molecule has 1 N–H and O–H groups in total. The predicted octanol–water partition coefficient (Wildman–Crippen LogP) is -0.0650. The van der Waals surface area contributed by atoms with Gasteiger partial charge in [-0.05, 0) is 0 Å². The second-order valence-electron chi connectivity index (χ2n) is 1.50. The molecular formula is C6H11NO2. The first-order valence-electron chi connectivity index (χ1n) is 2.69. The van der Waals surface area contributed by atoms with Gasteiger partial charge in [-0.15, -0.1) is 6.58 Å². The van der Waals surface area contributed by atoms with Crippen LogP contribution >= 0.6 is 0 Å². The molecule has 3 heteroatoms. The molecule has 0 aromatic heterocycles. The summed E-state index contributed by atoms with van der Waals surface area (Å²) < 4.78 is 4.36. The number of methoxy groups -OCH3 is 1. The van der Waals surface area contributed by atoms with Crippen molar-refractivity contribution in [2.45, 2.75) is 0 Å². The number of rotatable bonds is 4. The minimum atomic E-state index is -0.253. The Kier molecular flexibility index (Phi) is 4.82. The second-order valence-corrected chi connectivity index (χ2v) is 1.50. The lowest BCUT2D eigenvalue weighted by molar-refractivity contribution is -0.139. The van der Waals surface area contributed by atoms with Gasteiger partial charge >= 0.3 is 5.97 Å². The van der Waals surface area contributed by atoms with Gasteiger partial charge in [0.2, 0.25) is 0 Å². The molecule has 0 fully saturated rings. The highest BCUT2D eigenvalue weighted by Crippen LogP contribution is 1.68. The standard InChI is InChI=1S/C6H11NO2/c1-3-4-7-5-6(8)9-2/h3,7H,1,4-5H2,2H3. The second kappa shape index (κ2) is 5.31. The van der Waals surface area contributed by atoms with E-state index in [9.17, 15) is 4.79 Å². The van der Waals surface area contributed by atoms with Gasteiger partial charge in [-0.3, -0.25) is 4.79 Å². The zero-order chi connectivity index (χ0) is 7.11. The third kappa shape index (κ3) is 5.03. The fourth-order valence-corrected chi connectivity index (χ4v) is 0.348. The van der Waals surface area contributed by atoms with Gasteiger partial charge < -0.3 is 10.1 Å². The fourth-order valence-electron chi connectivity index (χ4n) is 0.348. The van der Waals surface area contributed by atoms with Crippen molar-refractivity contribution in [2.75, 3.05) is 20.2 Å². The van der Waals surface area contributed by atoms with Gasteiger partial charge in [0.1, 0.15) is 0 Å². The van der Waals surface area contributed by atoms with Gasteiger partial charge in [0.05, 0.1) is 13.7 Å². The zero-order valence-corrected chi connectivity index (χ0v) is 5.52. The van der Waals surface area contributed by atoms with E-state index in [1.807, 2.05) is 0 Å². The van der Waals surface area contributed by atoms with Crippen LogP contribution in [0.4, 0.5) is 0 Å². The summed E-state index contributed by atoms with van der Waals surface area (Å²) in [5.41, 5.74) is 0. The third-order valence-corrected chi connectivity index (χ3v) is 0.786. The highest BCUT2D eigenvalue weighted by Gasteiger charge is 1.94. The molecule has 0 aliphatic rings. The molecule has 52 valence electrons. The summed E-state index contributed by atoms with van der Waals surface area (Å²) in [5, 5.41) is 2.79. The number of hydrogen-bond donors (Lipinski definition) is 1. The highest BCUT2D eigenvalue weighted by atomic mass is 16.5. The van der Waals surface area contributed by atoms with E-state index >= 15 is 0 Å². The van der Waals surface area contributed by atoms with Crippen molar-refractivity contribution < 1.29 is 9.53 Å². The maximum atomic E-state index is 10.4. The predicted molar refractivity (Wildman–Crippen MR) is 35.1 cm³/mol. The SMILES string of the molecule is C=CCNCC(=O)OC. The van der Waals surface area contributed by atoms with Crippen molar-refractivity contribution in [3.63, 3.8) is 0 Å². The van der Waals surface area contributed by atoms with E-state index in [0.717, 1.165) is 0 Å². The van der Waals surface area contributed by atoms with Gasteiger partial charge in [0.15, 0.2) is 0 Å². The van der Waals surface area contributed by atoms with Crippen molar-refractivity contribution in [2.24, 2.45) is 0 Å². The van der Waals surface area contributed by atoms with Crippen LogP contribution in [-0.2, 0) is 9.53 Å². The number of hydrogen-bond acceptors (Lipinski definition) is 3. The Labute approximate surface area is 54.7 Å². The molecule has 9 heavy (non-hydrogen) atoms. The molecule has 0 bridgehead atoms. The lowest BCUT2D eigenvalue weighted by Gasteiger charge is -1.97. The van der Waals surface area contributed by atoms with E-state index in [4.69, 9.17) is 0 Å². The summed E-state index contributed by atoms with van der Waals surface area (Å²) in [7, 11) is 1.36. The Balaban J connectivity index is 3.06. The first-order valence-corrected chi connectivity index (χ1v) is 2.69. The molecule has 0 spiro atoms. The number of carbonyl (C=O) groups excluding carboxylic acids is 1. The van der Waals surface area contributed by atoms with E-state index in [2.05, 4.69) is 16.6 Å². The Hall–Kier alpha value is -0.830. The molecule has 0 saturated carbocycles. The lowest BCUT2D eigenvalue weighted by atomic mass is 10.6. The number of esters is 1. The highest BCUT2D eigenvalue weighted by molar-refractivity contribution is 5.71. The minimum absolute atomic E-state index is 0.252. The Morgan fingerprint density at radius 1 is 1.89 bits per heavy atom. The van der Waals surface area contributed by atoms with Gasteiger partial charge in [-0.25, -0.2) is 0 Å². The van der Waals surface area contributed by atoms with E-state index in [0.29, 0.717) is 6.54 Å². The molecule has 0 radical (unpaired) electrons. The first-order chi connectivity index (χ1) is 4.31. The Bertz CT molecular complexity index is 101. The quantitative estimate of drug-likeness (QED) is 0.328. The smallest absolute Gasteiger partial charge is 0.319 e. The van der Waals surface area contributed by atoms with Crippen LogP contribution < -0.4 is 5.32 Å². The fraction of sp³-hybridized carbons (Fsp3) is 0.500. The number of ether oxygens (including phenoxy) is 1. The van der Waals surface area contributed by atoms with Crippen LogP contribution in [0.5, 0.6) is 0 Å². The van der Waals surface area contributed by atoms with Crippen molar-refractivity contribution in [1.29, 1.82) is 0 Å². The van der Waals surface area contributed by atoms with E-state index in [-0.39, 0.29) is 12.5 Å². The maximum Gasteiger partial charge on any atom is 0.319 e. The van der Waals surface area contributed by atoms with Gasteiger partial charge in [-0.2, -0.15) is 0 Å². The lowest BCUT2D eigenvalue weighted by Crippen LogP contribution is -2.23. The summed E-state index contributed by atoms with van der Waals surface area (Å²) >= 11 is 0. The summed E-state index contributed by atoms with van der Waals surface area (Å²) in [6.07, 6.45) is 1.68. The van der Waals surface area contributed by atoms with E-state index in [1.165, 1.54) is 7.11 Å². The molecule has 0 unspecified atom stereocenters. The molecule has 0 aliphatic heterocycles. The van der Waals surface area contributed by atoms with Crippen molar-refractivity contribution >= 4 is 5.97 Å². The molecule has 0 atom stereocenters. The minimum Gasteiger partial charge on any atom is -0.468 e. The van der Waals surface area contributed by atoms with Crippen LogP contribution in [0.2, 0.25) is 0 Å². The zero-order valence-electron chi connectivity index (χ0n) is 5.52. The normalized spacial score (nSPS) is 8.56. The van der Waals surface area contributed by atoms with Crippen LogP contribution in [0.15, 0.2) is 12.7 Å². The third-order valence-electron chi connectivity index (χ3n) is 0.786. The van der Waals surface area contributed by atoms with E-state index < -0.39 is 0 Å². The van der Waals surface area contributed by atoms with Gasteiger partial charge in [-0.1, -0.05) is 6.08 Å². The molecule has 0 aliphatic carbocycles. The molecule has 3 nitrogen and oxygen atoms in total. The molecule has 0 rings (SSSR count). The van der Waals surface area contributed by atoms with Crippen LogP contribution in [-0.4, -0.2) is 26.2 Å². The van der Waals surface area contributed by atoms with Crippen molar-refractivity contribution in [3.8, 4) is 0 Å². The first kappa shape index (κ1) is 8.17. The van der Waals surface area contributed by atoms with Crippen molar-refractivity contribution in [3.05, 3.63) is 12.7 Å². The largest absolute Gasteiger partial charge is 0.468 e. The topological polar surface area (TPSA) is 38.3 Å². The van der Waals surface area contributed by atoms with Crippen LogP contribution in [0.25, 0.3) is 0 Å². The van der Waals surface area contributed by atoms with Crippen LogP contribution in [0, 0.1) is 0 Å². The monoisotopic (exact) mass is 129 g/mol. The summed E-state index contributed by atoms with van der Waals surface area (Å²) in [6.45, 7) is 4.36. The number of nitrogens with one attached hydrogen (secondary N) is 1. The molecule has 0 heterocycles. The average Bonchev–Trinajstić information content (AvgIpc) is 1.89. The van der Waals surface area contributed by atoms with Gasteiger partial charge in [0, 0.05) is 6.54 Å². The molecular weight excluding hydrogens is 118 g/mol. The van der Waals surface area contributed by atoms with Crippen LogP contribution in [0.1, 0.15) is 0 Å². The Morgan fingerprint density at radius 3 is 3.00 bits per heavy atom. The molecule has 0 amide bonds. The van der Waals surface area contributed by atoms with Crippen molar-refractivity contribution in [1.82, 2.24) is 5.32 Å². The maximum absolute atomic E-state index is 10.4. The van der Waals surface area contributed by atoms with Crippen LogP contribution in [0.3, 0.4) is 0 Å².